The molecular formula is C24H32BClFNO4. The normalized spacial score (nSPS) is 12.9. The summed E-state index contributed by atoms with van der Waals surface area (Å²) < 4.78 is 24.5. The second-order valence-electron chi connectivity index (χ2n) is 7.96. The fraction of sp³-hybridized carbons (Fsp3) is 0.458. The number of carbonyl (C=O) groups excluding carboxylic acids is 1. The van der Waals surface area contributed by atoms with Crippen molar-refractivity contribution in [3.8, 4) is 11.1 Å². The molecule has 0 unspecified atom stereocenters. The Bertz CT molecular complexity index is 850. The Labute approximate surface area is 195 Å². The van der Waals surface area contributed by atoms with Crippen LogP contribution in [0.25, 0.3) is 11.1 Å². The van der Waals surface area contributed by atoms with Crippen LogP contribution in [0.4, 0.5) is 4.39 Å². The predicted octanol–water partition coefficient (Wildman–Crippen LogP) is 4.48. The van der Waals surface area contributed by atoms with E-state index < -0.39 is 13.0 Å². The number of esters is 1. The van der Waals surface area contributed by atoms with Gasteiger partial charge in [0.15, 0.2) is 0 Å². The number of ether oxygens (including phenoxy) is 2. The van der Waals surface area contributed by atoms with E-state index in [1.165, 1.54) is 12.1 Å². The number of nitrogens with one attached hydrogen (secondary N) is 1. The van der Waals surface area contributed by atoms with E-state index in [1.54, 1.807) is 26.9 Å². The van der Waals surface area contributed by atoms with E-state index in [4.69, 9.17) is 21.1 Å². The molecule has 0 amide bonds. The van der Waals surface area contributed by atoms with Gasteiger partial charge in [-0.3, -0.25) is 4.79 Å². The Morgan fingerprint density at radius 2 is 1.97 bits per heavy atom. The lowest BCUT2D eigenvalue weighted by Crippen LogP contribution is -2.41. The molecule has 0 fully saturated rings. The molecule has 8 heteroatoms. The SMILES string of the molecule is CCOC(=O)[C@@H](C[C@H](CB(C)O)Cc1ccc(-c2cc(Cl)ccc2F)cc1)NCCOC. The number of carbonyl (C=O) groups is 1. The summed E-state index contributed by atoms with van der Waals surface area (Å²) in [7, 11) is 1.61. The van der Waals surface area contributed by atoms with Gasteiger partial charge in [-0.05, 0) is 61.3 Å². The molecule has 0 radical (unpaired) electrons. The number of hydrogen-bond acceptors (Lipinski definition) is 5. The monoisotopic (exact) mass is 463 g/mol. The van der Waals surface area contributed by atoms with Crippen LogP contribution in [0.5, 0.6) is 0 Å². The van der Waals surface area contributed by atoms with E-state index in [1.807, 2.05) is 24.3 Å². The second kappa shape index (κ2) is 13.6. The van der Waals surface area contributed by atoms with Crippen molar-refractivity contribution in [1.82, 2.24) is 5.32 Å². The third-order valence-corrected chi connectivity index (χ3v) is 5.46. The lowest BCUT2D eigenvalue weighted by atomic mass is 9.62. The van der Waals surface area contributed by atoms with Gasteiger partial charge < -0.3 is 19.8 Å². The fourth-order valence-electron chi connectivity index (χ4n) is 3.79. The molecule has 0 spiro atoms. The van der Waals surface area contributed by atoms with Crippen LogP contribution in [0.3, 0.4) is 0 Å². The average Bonchev–Trinajstić information content (AvgIpc) is 2.75. The zero-order valence-corrected chi connectivity index (χ0v) is 19.7. The molecule has 2 aromatic rings. The molecule has 0 aliphatic carbocycles. The number of benzene rings is 2. The maximum Gasteiger partial charge on any atom is 0.323 e. The molecule has 0 saturated carbocycles. The van der Waals surface area contributed by atoms with E-state index in [2.05, 4.69) is 5.32 Å². The Morgan fingerprint density at radius 3 is 2.59 bits per heavy atom. The molecule has 2 atom stereocenters. The summed E-state index contributed by atoms with van der Waals surface area (Å²) in [4.78, 5) is 12.4. The molecule has 2 aromatic carbocycles. The number of hydrogen-bond donors (Lipinski definition) is 2. The number of methoxy groups -OCH3 is 1. The highest BCUT2D eigenvalue weighted by Gasteiger charge is 2.25. The summed E-state index contributed by atoms with van der Waals surface area (Å²) in [5.74, 6) is -0.576. The minimum Gasteiger partial charge on any atom is -0.465 e. The highest BCUT2D eigenvalue weighted by atomic mass is 35.5. The Hall–Kier alpha value is -1.93. The summed E-state index contributed by atoms with van der Waals surface area (Å²) in [6, 6.07) is 11.6. The Morgan fingerprint density at radius 1 is 1.25 bits per heavy atom. The average molecular weight is 464 g/mol. The van der Waals surface area contributed by atoms with Crippen molar-refractivity contribution < 1.29 is 23.7 Å². The molecule has 0 heterocycles. The van der Waals surface area contributed by atoms with Crippen LogP contribution in [0, 0.1) is 11.7 Å². The van der Waals surface area contributed by atoms with Gasteiger partial charge in [0, 0.05) is 24.2 Å². The van der Waals surface area contributed by atoms with Gasteiger partial charge in [0.1, 0.15) is 11.9 Å². The van der Waals surface area contributed by atoms with Crippen molar-refractivity contribution in [1.29, 1.82) is 0 Å². The van der Waals surface area contributed by atoms with Gasteiger partial charge in [-0.25, -0.2) is 4.39 Å². The van der Waals surface area contributed by atoms with Crippen molar-refractivity contribution in [3.05, 3.63) is 58.9 Å². The van der Waals surface area contributed by atoms with Crippen molar-refractivity contribution in [2.24, 2.45) is 5.92 Å². The first-order valence-electron chi connectivity index (χ1n) is 10.9. The minimum atomic E-state index is -0.498. The molecule has 174 valence electrons. The van der Waals surface area contributed by atoms with E-state index in [-0.39, 0.29) is 17.7 Å². The summed E-state index contributed by atoms with van der Waals surface area (Å²) in [6.07, 6.45) is 1.75. The van der Waals surface area contributed by atoms with E-state index >= 15 is 0 Å². The Balaban J connectivity index is 2.14. The standard InChI is InChI=1S/C24H32BClFNO4/c1-4-32-24(29)23(28-11-12-31-3)14-18(16-25(2)30)13-17-5-7-19(8-6-17)21-15-20(26)9-10-22(21)27/h5-10,15,18,23,28,30H,4,11-14,16H2,1-3H3/t18-,23-/m1/s1. The Kier molecular flexibility index (Phi) is 11.2. The third kappa shape index (κ3) is 8.55. The molecule has 0 aliphatic heterocycles. The molecule has 0 aromatic heterocycles. The van der Waals surface area contributed by atoms with Crippen molar-refractivity contribution in [3.63, 3.8) is 0 Å². The quantitative estimate of drug-likeness (QED) is 0.260. The van der Waals surface area contributed by atoms with Crippen LogP contribution in [0.15, 0.2) is 42.5 Å². The van der Waals surface area contributed by atoms with E-state index in [0.29, 0.717) is 49.5 Å². The lowest BCUT2D eigenvalue weighted by Gasteiger charge is -2.24. The molecule has 2 N–H and O–H groups in total. The third-order valence-electron chi connectivity index (χ3n) is 5.23. The van der Waals surface area contributed by atoms with Gasteiger partial charge in [0.05, 0.1) is 13.2 Å². The van der Waals surface area contributed by atoms with Gasteiger partial charge in [-0.15, -0.1) is 0 Å². The molecule has 32 heavy (non-hydrogen) atoms. The van der Waals surface area contributed by atoms with Crippen molar-refractivity contribution in [2.75, 3.05) is 26.9 Å². The van der Waals surface area contributed by atoms with Gasteiger partial charge in [0.2, 0.25) is 0 Å². The summed E-state index contributed by atoms with van der Waals surface area (Å²) >= 11 is 6.02. The van der Waals surface area contributed by atoms with Crippen molar-refractivity contribution >= 4 is 24.5 Å². The zero-order valence-electron chi connectivity index (χ0n) is 18.9. The zero-order chi connectivity index (χ0) is 23.5. The number of rotatable bonds is 13. The van der Waals surface area contributed by atoms with Crippen LogP contribution in [-0.2, 0) is 20.7 Å². The fourth-order valence-corrected chi connectivity index (χ4v) is 3.96. The number of halogens is 2. The molecule has 0 saturated heterocycles. The molecule has 2 rings (SSSR count). The van der Waals surface area contributed by atoms with Crippen LogP contribution in [0.2, 0.25) is 18.2 Å². The molecule has 5 nitrogen and oxygen atoms in total. The first-order chi connectivity index (χ1) is 15.3. The van der Waals surface area contributed by atoms with Gasteiger partial charge in [-0.1, -0.05) is 42.7 Å². The van der Waals surface area contributed by atoms with Crippen LogP contribution < -0.4 is 5.32 Å². The highest BCUT2D eigenvalue weighted by Crippen LogP contribution is 2.28. The maximum absolute atomic E-state index is 14.2. The largest absolute Gasteiger partial charge is 0.465 e. The van der Waals surface area contributed by atoms with Gasteiger partial charge >= 0.3 is 5.97 Å². The van der Waals surface area contributed by atoms with Crippen molar-refractivity contribution in [2.45, 2.75) is 39.0 Å². The van der Waals surface area contributed by atoms with Crippen LogP contribution in [-0.4, -0.2) is 50.8 Å². The molecule has 0 aliphatic rings. The molecular weight excluding hydrogens is 432 g/mol. The second-order valence-corrected chi connectivity index (χ2v) is 8.40. The summed E-state index contributed by atoms with van der Waals surface area (Å²) in [5.41, 5.74) is 2.24. The lowest BCUT2D eigenvalue weighted by molar-refractivity contribution is -0.146. The van der Waals surface area contributed by atoms with Crippen LogP contribution in [0.1, 0.15) is 18.9 Å². The van der Waals surface area contributed by atoms with E-state index in [0.717, 1.165) is 11.1 Å². The first kappa shape index (κ1) is 26.3. The van der Waals surface area contributed by atoms with Gasteiger partial charge in [0.25, 0.3) is 6.92 Å². The predicted molar refractivity (Wildman–Crippen MR) is 128 cm³/mol. The topological polar surface area (TPSA) is 67.8 Å². The summed E-state index contributed by atoms with van der Waals surface area (Å²) in [6.45, 7) is 4.35. The summed E-state index contributed by atoms with van der Waals surface area (Å²) in [5, 5.41) is 13.7. The first-order valence-corrected chi connectivity index (χ1v) is 11.3. The van der Waals surface area contributed by atoms with E-state index in [9.17, 15) is 14.2 Å². The van der Waals surface area contributed by atoms with Crippen LogP contribution >= 0.6 is 11.6 Å². The minimum absolute atomic E-state index is 0.0493. The maximum atomic E-state index is 14.2. The highest BCUT2D eigenvalue weighted by molar-refractivity contribution is 6.48. The smallest absolute Gasteiger partial charge is 0.323 e. The molecule has 0 bridgehead atoms. The van der Waals surface area contributed by atoms with Gasteiger partial charge in [-0.2, -0.15) is 0 Å².